The Morgan fingerprint density at radius 3 is 2.75 bits per heavy atom. The van der Waals surface area contributed by atoms with Crippen LogP contribution in [0.1, 0.15) is 19.8 Å². The van der Waals surface area contributed by atoms with Gasteiger partial charge in [0.05, 0.1) is 7.11 Å². The average molecular weight is 168 g/mol. The number of methoxy groups -OCH3 is 1. The van der Waals surface area contributed by atoms with Crippen LogP contribution in [0.2, 0.25) is 0 Å². The van der Waals surface area contributed by atoms with E-state index in [2.05, 4.69) is 6.58 Å². The van der Waals surface area contributed by atoms with E-state index in [9.17, 15) is 4.39 Å². The van der Waals surface area contributed by atoms with E-state index in [1.54, 1.807) is 14.0 Å². The molecule has 12 heavy (non-hydrogen) atoms. The Bertz CT molecular complexity index is 261. The molecule has 1 aliphatic rings. The van der Waals surface area contributed by atoms with Gasteiger partial charge < -0.3 is 4.74 Å². The fourth-order valence-corrected chi connectivity index (χ4v) is 1.14. The smallest absolute Gasteiger partial charge is 0.122 e. The van der Waals surface area contributed by atoms with Crippen LogP contribution in [0.25, 0.3) is 0 Å². The van der Waals surface area contributed by atoms with Gasteiger partial charge in [-0.25, -0.2) is 4.39 Å². The first-order valence-electron chi connectivity index (χ1n) is 3.94. The van der Waals surface area contributed by atoms with Crippen LogP contribution in [0, 0.1) is 0 Å². The maximum absolute atomic E-state index is 13.0. The normalized spacial score (nSPS) is 17.4. The first-order valence-corrected chi connectivity index (χ1v) is 3.94. The molecule has 0 spiro atoms. The molecule has 1 nitrogen and oxygen atoms in total. The molecule has 0 heterocycles. The van der Waals surface area contributed by atoms with Crippen LogP contribution < -0.4 is 0 Å². The minimum Gasteiger partial charge on any atom is -0.497 e. The van der Waals surface area contributed by atoms with Gasteiger partial charge in [-0.1, -0.05) is 6.58 Å². The second-order valence-corrected chi connectivity index (χ2v) is 2.93. The van der Waals surface area contributed by atoms with Gasteiger partial charge in [0.1, 0.15) is 11.6 Å². The van der Waals surface area contributed by atoms with Crippen molar-refractivity contribution >= 4 is 0 Å². The Balaban J connectivity index is 2.83. The second kappa shape index (κ2) is 3.57. The molecule has 0 aliphatic heterocycles. The minimum absolute atomic E-state index is 0.144. The molecule has 66 valence electrons. The first kappa shape index (κ1) is 9.04. The van der Waals surface area contributed by atoms with Crippen LogP contribution in [0.15, 0.2) is 35.4 Å². The van der Waals surface area contributed by atoms with Gasteiger partial charge in [-0.05, 0) is 37.0 Å². The van der Waals surface area contributed by atoms with E-state index in [0.29, 0.717) is 5.76 Å². The van der Waals surface area contributed by atoms with Crippen LogP contribution >= 0.6 is 0 Å². The Morgan fingerprint density at radius 1 is 1.58 bits per heavy atom. The molecule has 1 aliphatic carbocycles. The van der Waals surface area contributed by atoms with Gasteiger partial charge >= 0.3 is 0 Å². The maximum Gasteiger partial charge on any atom is 0.122 e. The fraction of sp³-hybridized carbons (Fsp3) is 0.400. The predicted molar refractivity (Wildman–Crippen MR) is 47.3 cm³/mol. The Hall–Kier alpha value is -1.05. The van der Waals surface area contributed by atoms with Gasteiger partial charge in [-0.3, -0.25) is 0 Å². The van der Waals surface area contributed by atoms with Crippen molar-refractivity contribution in [2.24, 2.45) is 0 Å². The first-order chi connectivity index (χ1) is 5.65. The molecule has 0 saturated carbocycles. The second-order valence-electron chi connectivity index (χ2n) is 2.93. The molecule has 0 fully saturated rings. The molecule has 0 atom stereocenters. The van der Waals surface area contributed by atoms with E-state index in [1.165, 1.54) is 6.08 Å². The highest BCUT2D eigenvalue weighted by molar-refractivity contribution is 5.36. The molecule has 0 bridgehead atoms. The highest BCUT2D eigenvalue weighted by Crippen LogP contribution is 2.27. The zero-order chi connectivity index (χ0) is 9.14. The lowest BCUT2D eigenvalue weighted by Crippen LogP contribution is -1.98. The third-order valence-electron chi connectivity index (χ3n) is 2.08. The molecule has 2 heteroatoms. The third kappa shape index (κ3) is 1.76. The van der Waals surface area contributed by atoms with Gasteiger partial charge in [0, 0.05) is 0 Å². The summed E-state index contributed by atoms with van der Waals surface area (Å²) in [6.07, 6.45) is 3.09. The summed E-state index contributed by atoms with van der Waals surface area (Å²) in [6.45, 7) is 5.48. The zero-order valence-electron chi connectivity index (χ0n) is 7.48. The lowest BCUT2D eigenvalue weighted by molar-refractivity contribution is 0.299. The monoisotopic (exact) mass is 168 g/mol. The van der Waals surface area contributed by atoms with E-state index in [4.69, 9.17) is 4.74 Å². The number of hydrogen-bond acceptors (Lipinski definition) is 1. The summed E-state index contributed by atoms with van der Waals surface area (Å²) in [6, 6.07) is 0. The molecule has 0 N–H and O–H groups in total. The van der Waals surface area contributed by atoms with Crippen LogP contribution in [0.4, 0.5) is 4.39 Å². The van der Waals surface area contributed by atoms with Crippen molar-refractivity contribution in [3.8, 4) is 0 Å². The summed E-state index contributed by atoms with van der Waals surface area (Å²) in [7, 11) is 1.55. The summed E-state index contributed by atoms with van der Waals surface area (Å²) in [4.78, 5) is 0. The van der Waals surface area contributed by atoms with E-state index < -0.39 is 0 Å². The summed E-state index contributed by atoms with van der Waals surface area (Å²) in [5.41, 5.74) is 1.67. The van der Waals surface area contributed by atoms with Crippen molar-refractivity contribution in [1.29, 1.82) is 0 Å². The minimum atomic E-state index is -0.144. The molecular weight excluding hydrogens is 155 g/mol. The van der Waals surface area contributed by atoms with Crippen molar-refractivity contribution in [3.63, 3.8) is 0 Å². The molecule has 0 unspecified atom stereocenters. The van der Waals surface area contributed by atoms with Crippen molar-refractivity contribution in [2.45, 2.75) is 19.8 Å². The van der Waals surface area contributed by atoms with Gasteiger partial charge in [0.15, 0.2) is 0 Å². The van der Waals surface area contributed by atoms with Gasteiger partial charge in [-0.2, -0.15) is 0 Å². The standard InChI is InChI=1S/C10H13FO/c1-7-4-5-9(6-10(7)11)8(2)12-3/h6H,2,4-5H2,1,3H3. The van der Waals surface area contributed by atoms with Crippen molar-refractivity contribution in [3.05, 3.63) is 35.4 Å². The van der Waals surface area contributed by atoms with E-state index in [0.717, 1.165) is 24.0 Å². The molecule has 0 radical (unpaired) electrons. The van der Waals surface area contributed by atoms with E-state index in [-0.39, 0.29) is 5.83 Å². The average Bonchev–Trinajstić information content (AvgIpc) is 2.08. The SMILES string of the molecule is C=C(OC)C1=CC(F)=C(C)CC1. The van der Waals surface area contributed by atoms with E-state index in [1.807, 2.05) is 0 Å². The van der Waals surface area contributed by atoms with E-state index >= 15 is 0 Å². The molecule has 0 amide bonds. The maximum atomic E-state index is 13.0. The summed E-state index contributed by atoms with van der Waals surface area (Å²) in [5, 5.41) is 0. The molecule has 0 aromatic rings. The highest BCUT2D eigenvalue weighted by Gasteiger charge is 2.12. The van der Waals surface area contributed by atoms with Gasteiger partial charge in [-0.15, -0.1) is 0 Å². The van der Waals surface area contributed by atoms with Crippen LogP contribution in [-0.4, -0.2) is 7.11 Å². The Labute approximate surface area is 72.2 Å². The molecule has 0 aromatic heterocycles. The van der Waals surface area contributed by atoms with Crippen molar-refractivity contribution in [2.75, 3.05) is 7.11 Å². The lowest BCUT2D eigenvalue weighted by Gasteiger charge is -2.14. The fourth-order valence-electron chi connectivity index (χ4n) is 1.14. The predicted octanol–water partition coefficient (Wildman–Crippen LogP) is 3.11. The highest BCUT2D eigenvalue weighted by atomic mass is 19.1. The summed E-state index contributed by atoms with van der Waals surface area (Å²) < 4.78 is 18.0. The Morgan fingerprint density at radius 2 is 2.25 bits per heavy atom. The van der Waals surface area contributed by atoms with Crippen molar-refractivity contribution in [1.82, 2.24) is 0 Å². The molecule has 0 aromatic carbocycles. The molecule has 1 rings (SSSR count). The lowest BCUT2D eigenvalue weighted by atomic mass is 9.98. The van der Waals surface area contributed by atoms with Gasteiger partial charge in [0.25, 0.3) is 0 Å². The number of hydrogen-bond donors (Lipinski definition) is 0. The number of halogens is 1. The Kier molecular flexibility index (Phi) is 2.69. The van der Waals surface area contributed by atoms with Gasteiger partial charge in [0.2, 0.25) is 0 Å². The number of allylic oxidation sites excluding steroid dienone is 4. The summed E-state index contributed by atoms with van der Waals surface area (Å²) >= 11 is 0. The van der Waals surface area contributed by atoms with Crippen LogP contribution in [0.5, 0.6) is 0 Å². The largest absolute Gasteiger partial charge is 0.497 e. The summed E-state index contributed by atoms with van der Waals surface area (Å²) in [5.74, 6) is 0.423. The van der Waals surface area contributed by atoms with Crippen LogP contribution in [0.3, 0.4) is 0 Å². The zero-order valence-corrected chi connectivity index (χ0v) is 7.48. The third-order valence-corrected chi connectivity index (χ3v) is 2.08. The van der Waals surface area contributed by atoms with Crippen molar-refractivity contribution < 1.29 is 9.13 Å². The quantitative estimate of drug-likeness (QED) is 0.575. The molecule has 0 saturated heterocycles. The van der Waals surface area contributed by atoms with Crippen LogP contribution in [-0.2, 0) is 4.74 Å². The molecular formula is C10H13FO. The number of ether oxygens (including phenoxy) is 1. The topological polar surface area (TPSA) is 9.23 Å². The number of rotatable bonds is 2.